The summed E-state index contributed by atoms with van der Waals surface area (Å²) in [6.07, 6.45) is 1.66. The molecule has 4 nitrogen and oxygen atoms in total. The second kappa shape index (κ2) is 5.29. The van der Waals surface area contributed by atoms with Gasteiger partial charge in [0.25, 0.3) is 0 Å². The molecule has 1 aromatic rings. The first-order valence-electron chi connectivity index (χ1n) is 5.97. The van der Waals surface area contributed by atoms with Gasteiger partial charge in [-0.2, -0.15) is 0 Å². The Balaban J connectivity index is 2.26. The van der Waals surface area contributed by atoms with Gasteiger partial charge in [0.2, 0.25) is 0 Å². The number of hydrogen-bond acceptors (Lipinski definition) is 3. The molecule has 2 unspecified atom stereocenters. The van der Waals surface area contributed by atoms with Gasteiger partial charge in [-0.3, -0.25) is 4.79 Å². The van der Waals surface area contributed by atoms with Crippen LogP contribution in [-0.4, -0.2) is 17.6 Å². The third-order valence-electron chi connectivity index (χ3n) is 3.32. The minimum atomic E-state index is -0.722. The summed E-state index contributed by atoms with van der Waals surface area (Å²) in [5.74, 6) is -1.06. The first-order chi connectivity index (χ1) is 8.22. The summed E-state index contributed by atoms with van der Waals surface area (Å²) in [5.41, 5.74) is 7.67. The van der Waals surface area contributed by atoms with Crippen molar-refractivity contribution in [1.82, 2.24) is 5.32 Å². The lowest BCUT2D eigenvalue weighted by atomic mass is 9.86. The minimum Gasteiger partial charge on any atom is -0.481 e. The van der Waals surface area contributed by atoms with Crippen molar-refractivity contribution in [2.45, 2.75) is 25.4 Å². The van der Waals surface area contributed by atoms with Crippen molar-refractivity contribution in [3.05, 3.63) is 35.4 Å². The number of aliphatic carboxylic acids is 1. The molecule has 1 fully saturated rings. The van der Waals surface area contributed by atoms with E-state index >= 15 is 0 Å². The lowest BCUT2D eigenvalue weighted by Gasteiger charge is -2.30. The summed E-state index contributed by atoms with van der Waals surface area (Å²) in [4.78, 5) is 11.2. The van der Waals surface area contributed by atoms with E-state index in [0.717, 1.165) is 30.5 Å². The van der Waals surface area contributed by atoms with Crippen LogP contribution in [0.15, 0.2) is 24.3 Å². The van der Waals surface area contributed by atoms with Gasteiger partial charge in [-0.05, 0) is 30.5 Å². The smallest absolute Gasteiger partial charge is 0.308 e. The highest BCUT2D eigenvalue weighted by atomic mass is 16.4. The molecular formula is C13H18N2O2. The van der Waals surface area contributed by atoms with E-state index in [1.807, 2.05) is 24.3 Å². The predicted molar refractivity (Wildman–Crippen MR) is 65.4 cm³/mol. The molecule has 1 aromatic carbocycles. The van der Waals surface area contributed by atoms with Gasteiger partial charge in [0.1, 0.15) is 0 Å². The van der Waals surface area contributed by atoms with Crippen LogP contribution in [0.4, 0.5) is 0 Å². The van der Waals surface area contributed by atoms with Gasteiger partial charge in [-0.1, -0.05) is 24.3 Å². The predicted octanol–water partition coefficient (Wildman–Crippen LogP) is 1.27. The molecule has 0 radical (unpaired) electrons. The minimum absolute atomic E-state index is 0.0900. The highest BCUT2D eigenvalue weighted by molar-refractivity contribution is 5.71. The van der Waals surface area contributed by atoms with Crippen LogP contribution in [0.5, 0.6) is 0 Å². The van der Waals surface area contributed by atoms with Crippen LogP contribution in [-0.2, 0) is 11.3 Å². The quantitative estimate of drug-likeness (QED) is 0.736. The molecule has 0 aromatic heterocycles. The molecule has 0 amide bonds. The van der Waals surface area contributed by atoms with Crippen molar-refractivity contribution >= 4 is 5.97 Å². The van der Waals surface area contributed by atoms with Gasteiger partial charge in [0.05, 0.1) is 5.92 Å². The number of nitrogens with two attached hydrogens (primary N) is 1. The lowest BCUT2D eigenvalue weighted by molar-refractivity contribution is -0.143. The molecule has 17 heavy (non-hydrogen) atoms. The summed E-state index contributed by atoms with van der Waals surface area (Å²) in [6.45, 7) is 1.36. The number of carboxylic acid groups (broad SMARTS) is 1. The Morgan fingerprint density at radius 2 is 2.35 bits per heavy atom. The second-order valence-corrected chi connectivity index (χ2v) is 4.47. The van der Waals surface area contributed by atoms with Crippen molar-refractivity contribution in [2.24, 2.45) is 11.7 Å². The van der Waals surface area contributed by atoms with E-state index in [1.165, 1.54) is 0 Å². The number of rotatable bonds is 3. The Bertz CT molecular complexity index is 406. The highest BCUT2D eigenvalue weighted by Crippen LogP contribution is 2.29. The first-order valence-corrected chi connectivity index (χ1v) is 5.97. The largest absolute Gasteiger partial charge is 0.481 e. The summed E-state index contributed by atoms with van der Waals surface area (Å²) in [5, 5.41) is 12.5. The average Bonchev–Trinajstić information content (AvgIpc) is 2.39. The average molecular weight is 234 g/mol. The molecule has 1 saturated heterocycles. The van der Waals surface area contributed by atoms with Crippen LogP contribution < -0.4 is 11.1 Å². The Morgan fingerprint density at radius 1 is 1.53 bits per heavy atom. The van der Waals surface area contributed by atoms with Crippen molar-refractivity contribution < 1.29 is 9.90 Å². The normalized spacial score (nSPS) is 24.5. The number of piperidine rings is 1. The molecule has 1 aliphatic heterocycles. The van der Waals surface area contributed by atoms with Gasteiger partial charge >= 0.3 is 5.97 Å². The van der Waals surface area contributed by atoms with Gasteiger partial charge in [0.15, 0.2) is 0 Å². The summed E-state index contributed by atoms with van der Waals surface area (Å²) in [6, 6.07) is 7.78. The van der Waals surface area contributed by atoms with Crippen molar-refractivity contribution in [2.75, 3.05) is 6.54 Å². The van der Waals surface area contributed by atoms with E-state index in [9.17, 15) is 9.90 Å². The van der Waals surface area contributed by atoms with Crippen LogP contribution in [0, 0.1) is 5.92 Å². The zero-order valence-corrected chi connectivity index (χ0v) is 9.73. The highest BCUT2D eigenvalue weighted by Gasteiger charge is 2.31. The number of carbonyl (C=O) groups is 1. The zero-order chi connectivity index (χ0) is 12.3. The lowest BCUT2D eigenvalue weighted by Crippen LogP contribution is -2.38. The molecule has 2 rings (SSSR count). The number of benzene rings is 1. The molecule has 0 saturated carbocycles. The first kappa shape index (κ1) is 12.1. The Labute approximate surface area is 101 Å². The number of carboxylic acids is 1. The van der Waals surface area contributed by atoms with Gasteiger partial charge < -0.3 is 16.2 Å². The van der Waals surface area contributed by atoms with Crippen LogP contribution in [0.25, 0.3) is 0 Å². The Hall–Kier alpha value is -1.39. The van der Waals surface area contributed by atoms with Gasteiger partial charge in [0, 0.05) is 12.6 Å². The van der Waals surface area contributed by atoms with E-state index in [0.29, 0.717) is 6.54 Å². The van der Waals surface area contributed by atoms with Crippen LogP contribution in [0.1, 0.15) is 30.0 Å². The van der Waals surface area contributed by atoms with E-state index < -0.39 is 5.97 Å². The monoisotopic (exact) mass is 234 g/mol. The fraction of sp³-hybridized carbons (Fsp3) is 0.462. The molecule has 0 aliphatic carbocycles. The third kappa shape index (κ3) is 2.65. The van der Waals surface area contributed by atoms with E-state index in [-0.39, 0.29) is 12.0 Å². The van der Waals surface area contributed by atoms with Crippen LogP contribution in [0.2, 0.25) is 0 Å². The molecule has 0 bridgehead atoms. The number of hydrogen-bond donors (Lipinski definition) is 3. The molecular weight excluding hydrogens is 216 g/mol. The molecule has 92 valence electrons. The maximum absolute atomic E-state index is 11.2. The summed E-state index contributed by atoms with van der Waals surface area (Å²) >= 11 is 0. The van der Waals surface area contributed by atoms with Crippen molar-refractivity contribution in [3.8, 4) is 0 Å². The molecule has 4 heteroatoms. The maximum atomic E-state index is 11.2. The molecule has 0 spiro atoms. The molecule has 1 aliphatic rings. The van der Waals surface area contributed by atoms with Crippen LogP contribution in [0.3, 0.4) is 0 Å². The third-order valence-corrected chi connectivity index (χ3v) is 3.32. The van der Waals surface area contributed by atoms with Gasteiger partial charge in [-0.15, -0.1) is 0 Å². The molecule has 1 heterocycles. The van der Waals surface area contributed by atoms with Crippen molar-refractivity contribution in [3.63, 3.8) is 0 Å². The van der Waals surface area contributed by atoms with E-state index in [2.05, 4.69) is 5.32 Å². The second-order valence-electron chi connectivity index (χ2n) is 4.47. The summed E-state index contributed by atoms with van der Waals surface area (Å²) < 4.78 is 0. The van der Waals surface area contributed by atoms with E-state index in [4.69, 9.17) is 5.73 Å². The summed E-state index contributed by atoms with van der Waals surface area (Å²) in [7, 11) is 0. The van der Waals surface area contributed by atoms with Crippen molar-refractivity contribution in [1.29, 1.82) is 0 Å². The van der Waals surface area contributed by atoms with Crippen LogP contribution >= 0.6 is 0 Å². The number of nitrogens with one attached hydrogen (secondary N) is 1. The van der Waals surface area contributed by atoms with E-state index in [1.54, 1.807) is 0 Å². The maximum Gasteiger partial charge on any atom is 0.308 e. The fourth-order valence-corrected chi connectivity index (χ4v) is 2.42. The molecule has 2 atom stereocenters. The zero-order valence-electron chi connectivity index (χ0n) is 9.73. The molecule has 4 N–H and O–H groups in total. The SMILES string of the molecule is NCc1cccc(C2NCCCC2C(=O)O)c1. The standard InChI is InChI=1S/C13H18N2O2/c14-8-9-3-1-4-10(7-9)12-11(13(16)17)5-2-6-15-12/h1,3-4,7,11-12,15H,2,5-6,8,14H2,(H,16,17). The fourth-order valence-electron chi connectivity index (χ4n) is 2.42. The van der Waals surface area contributed by atoms with Gasteiger partial charge in [-0.25, -0.2) is 0 Å². The topological polar surface area (TPSA) is 75.3 Å². The Morgan fingerprint density at radius 3 is 3.06 bits per heavy atom. The Kier molecular flexibility index (Phi) is 3.76.